The van der Waals surface area contributed by atoms with E-state index in [2.05, 4.69) is 12.2 Å². The van der Waals surface area contributed by atoms with Gasteiger partial charge in [0.05, 0.1) is 4.88 Å². The summed E-state index contributed by atoms with van der Waals surface area (Å²) in [6.07, 6.45) is 1.51. The van der Waals surface area contributed by atoms with Gasteiger partial charge in [-0.3, -0.25) is 4.79 Å². The first-order valence-electron chi connectivity index (χ1n) is 7.26. The lowest BCUT2D eigenvalue weighted by Crippen LogP contribution is -2.28. The van der Waals surface area contributed by atoms with E-state index in [1.165, 1.54) is 11.3 Å². The zero-order valence-electron chi connectivity index (χ0n) is 12.2. The summed E-state index contributed by atoms with van der Waals surface area (Å²) in [7, 11) is 0. The molecule has 1 aromatic carbocycles. The molecular formula is C17H21NO2S. The highest BCUT2D eigenvalue weighted by molar-refractivity contribution is 7.12. The van der Waals surface area contributed by atoms with Crippen molar-refractivity contribution in [3.63, 3.8) is 0 Å². The zero-order valence-corrected chi connectivity index (χ0v) is 13.0. The van der Waals surface area contributed by atoms with Crippen molar-refractivity contribution in [1.29, 1.82) is 0 Å². The molecule has 2 aromatic rings. The molecule has 1 heterocycles. The van der Waals surface area contributed by atoms with Gasteiger partial charge in [0, 0.05) is 19.1 Å². The maximum absolute atomic E-state index is 12.3. The van der Waals surface area contributed by atoms with Crippen molar-refractivity contribution in [2.45, 2.75) is 25.7 Å². The maximum atomic E-state index is 12.3. The molecule has 0 saturated heterocycles. The number of benzene rings is 1. The molecule has 0 radical (unpaired) electrons. The van der Waals surface area contributed by atoms with E-state index >= 15 is 0 Å². The lowest BCUT2D eigenvalue weighted by atomic mass is 9.96. The molecule has 0 saturated carbocycles. The largest absolute Gasteiger partial charge is 0.396 e. The number of carbonyl (C=O) groups excluding carboxylic acids is 1. The molecule has 1 aromatic heterocycles. The predicted octanol–water partition coefficient (Wildman–Crippen LogP) is 3.21. The number of aryl methyl sites for hydroxylation is 1. The molecule has 0 aliphatic carbocycles. The van der Waals surface area contributed by atoms with Crippen LogP contribution in [-0.4, -0.2) is 24.2 Å². The van der Waals surface area contributed by atoms with Crippen LogP contribution in [0.15, 0.2) is 41.8 Å². The first-order valence-corrected chi connectivity index (χ1v) is 8.14. The Morgan fingerprint density at radius 2 is 2.05 bits per heavy atom. The molecule has 0 spiro atoms. The number of thiophene rings is 1. The van der Waals surface area contributed by atoms with Crippen molar-refractivity contribution in [2.75, 3.05) is 13.2 Å². The highest BCUT2D eigenvalue weighted by Crippen LogP contribution is 2.20. The minimum absolute atomic E-state index is 0.0132. The number of carbonyl (C=O) groups is 1. The van der Waals surface area contributed by atoms with Gasteiger partial charge in [-0.25, -0.2) is 0 Å². The predicted molar refractivity (Wildman–Crippen MR) is 86.9 cm³/mol. The van der Waals surface area contributed by atoms with Crippen LogP contribution in [0.25, 0.3) is 0 Å². The molecule has 1 unspecified atom stereocenters. The second-order valence-corrected chi connectivity index (χ2v) is 5.87. The van der Waals surface area contributed by atoms with Crippen LogP contribution in [0.2, 0.25) is 0 Å². The molecule has 112 valence electrons. The van der Waals surface area contributed by atoms with E-state index in [0.29, 0.717) is 13.0 Å². The molecule has 1 atom stereocenters. The summed E-state index contributed by atoms with van der Waals surface area (Å²) >= 11 is 1.48. The second-order valence-electron chi connectivity index (χ2n) is 4.96. The van der Waals surface area contributed by atoms with E-state index in [0.717, 1.165) is 22.4 Å². The van der Waals surface area contributed by atoms with Crippen molar-refractivity contribution in [1.82, 2.24) is 5.32 Å². The highest BCUT2D eigenvalue weighted by Gasteiger charge is 2.15. The monoisotopic (exact) mass is 303 g/mol. The smallest absolute Gasteiger partial charge is 0.261 e. The summed E-state index contributed by atoms with van der Waals surface area (Å²) < 4.78 is 0. The maximum Gasteiger partial charge on any atom is 0.261 e. The summed E-state index contributed by atoms with van der Waals surface area (Å²) in [5.41, 5.74) is 2.24. The van der Waals surface area contributed by atoms with Gasteiger partial charge in [-0.1, -0.05) is 37.3 Å². The van der Waals surface area contributed by atoms with E-state index in [-0.39, 0.29) is 18.4 Å². The van der Waals surface area contributed by atoms with Crippen LogP contribution in [0.1, 0.15) is 40.1 Å². The van der Waals surface area contributed by atoms with Gasteiger partial charge in [0.2, 0.25) is 0 Å². The van der Waals surface area contributed by atoms with Crippen LogP contribution in [0, 0.1) is 0 Å². The van der Waals surface area contributed by atoms with Gasteiger partial charge in [0.25, 0.3) is 5.91 Å². The van der Waals surface area contributed by atoms with E-state index in [4.69, 9.17) is 0 Å². The summed E-state index contributed by atoms with van der Waals surface area (Å²) in [4.78, 5) is 13.1. The minimum atomic E-state index is -0.0132. The van der Waals surface area contributed by atoms with Gasteiger partial charge < -0.3 is 10.4 Å². The fourth-order valence-corrected chi connectivity index (χ4v) is 3.29. The zero-order chi connectivity index (χ0) is 15.1. The highest BCUT2D eigenvalue weighted by atomic mass is 32.1. The average Bonchev–Trinajstić information content (AvgIpc) is 3.00. The molecule has 0 fully saturated rings. The number of aliphatic hydroxyl groups is 1. The van der Waals surface area contributed by atoms with Crippen LogP contribution in [-0.2, 0) is 6.42 Å². The third-order valence-corrected chi connectivity index (χ3v) is 4.55. The molecule has 3 nitrogen and oxygen atoms in total. The molecule has 0 bridgehead atoms. The Hall–Kier alpha value is -1.65. The molecule has 2 N–H and O–H groups in total. The number of hydrogen-bond donors (Lipinski definition) is 2. The quantitative estimate of drug-likeness (QED) is 0.825. The van der Waals surface area contributed by atoms with Crippen LogP contribution >= 0.6 is 11.3 Å². The topological polar surface area (TPSA) is 49.3 Å². The molecule has 0 aliphatic rings. The Kier molecular flexibility index (Phi) is 5.96. The number of hydrogen-bond acceptors (Lipinski definition) is 3. The Morgan fingerprint density at radius 3 is 2.71 bits per heavy atom. The van der Waals surface area contributed by atoms with E-state index in [1.54, 1.807) is 0 Å². The molecule has 2 rings (SSSR count). The van der Waals surface area contributed by atoms with Crippen LogP contribution < -0.4 is 5.32 Å². The normalized spacial score (nSPS) is 12.1. The molecule has 0 aliphatic heterocycles. The van der Waals surface area contributed by atoms with Gasteiger partial charge in [0.1, 0.15) is 0 Å². The first kappa shape index (κ1) is 15.7. The SMILES string of the molecule is CCc1ccsc1C(=O)NCC(CCO)c1ccccc1. The first-order chi connectivity index (χ1) is 10.3. The average molecular weight is 303 g/mol. The fraction of sp³-hybridized carbons (Fsp3) is 0.353. The van der Waals surface area contributed by atoms with Crippen molar-refractivity contribution in [3.8, 4) is 0 Å². The van der Waals surface area contributed by atoms with Gasteiger partial charge in [0.15, 0.2) is 0 Å². The van der Waals surface area contributed by atoms with Gasteiger partial charge in [-0.05, 0) is 35.4 Å². The van der Waals surface area contributed by atoms with Crippen molar-refractivity contribution in [2.24, 2.45) is 0 Å². The lowest BCUT2D eigenvalue weighted by Gasteiger charge is -2.17. The van der Waals surface area contributed by atoms with Crippen LogP contribution in [0.5, 0.6) is 0 Å². The fourth-order valence-electron chi connectivity index (χ4n) is 2.38. The van der Waals surface area contributed by atoms with Gasteiger partial charge in [-0.15, -0.1) is 11.3 Å². The number of aliphatic hydroxyl groups excluding tert-OH is 1. The third-order valence-electron chi connectivity index (χ3n) is 3.59. The van der Waals surface area contributed by atoms with Crippen LogP contribution in [0.3, 0.4) is 0 Å². The van der Waals surface area contributed by atoms with E-state index < -0.39 is 0 Å². The summed E-state index contributed by atoms with van der Waals surface area (Å²) in [5.74, 6) is 0.130. The Balaban J connectivity index is 2.00. The van der Waals surface area contributed by atoms with E-state index in [9.17, 15) is 9.90 Å². The van der Waals surface area contributed by atoms with Crippen molar-refractivity contribution >= 4 is 17.2 Å². The summed E-state index contributed by atoms with van der Waals surface area (Å²) in [6.45, 7) is 2.72. The van der Waals surface area contributed by atoms with Gasteiger partial charge >= 0.3 is 0 Å². The second kappa shape index (κ2) is 7.96. The summed E-state index contributed by atoms with van der Waals surface area (Å²) in [6, 6.07) is 12.0. The number of amides is 1. The van der Waals surface area contributed by atoms with E-state index in [1.807, 2.05) is 41.8 Å². The third kappa shape index (κ3) is 4.16. The van der Waals surface area contributed by atoms with Crippen LogP contribution in [0.4, 0.5) is 0 Å². The molecule has 4 heteroatoms. The minimum Gasteiger partial charge on any atom is -0.396 e. The molecular weight excluding hydrogens is 282 g/mol. The molecule has 1 amide bonds. The lowest BCUT2D eigenvalue weighted by molar-refractivity contribution is 0.0952. The van der Waals surface area contributed by atoms with Gasteiger partial charge in [-0.2, -0.15) is 0 Å². The number of nitrogens with one attached hydrogen (secondary N) is 1. The van der Waals surface area contributed by atoms with Crippen molar-refractivity contribution in [3.05, 3.63) is 57.8 Å². The Bertz CT molecular complexity index is 565. The molecule has 21 heavy (non-hydrogen) atoms. The van der Waals surface area contributed by atoms with Crippen molar-refractivity contribution < 1.29 is 9.90 Å². The standard InChI is InChI=1S/C17H21NO2S/c1-2-13-9-11-21-16(13)17(20)18-12-15(8-10-19)14-6-4-3-5-7-14/h3-7,9,11,15,19H,2,8,10,12H2,1H3,(H,18,20). The Morgan fingerprint density at radius 1 is 1.29 bits per heavy atom. The Labute approximate surface area is 129 Å². The number of rotatable bonds is 7. The summed E-state index contributed by atoms with van der Waals surface area (Å²) in [5, 5.41) is 14.2.